The Kier molecular flexibility index (Phi) is 8.51. The molecule has 0 saturated carbocycles. The fraction of sp³-hybridized carbons (Fsp3) is 0. The van der Waals surface area contributed by atoms with Gasteiger partial charge in [0.1, 0.15) is 0 Å². The van der Waals surface area contributed by atoms with Crippen LogP contribution in [0.1, 0.15) is 0 Å². The Labute approximate surface area is 326 Å². The average molecular weight is 714 g/mol. The van der Waals surface area contributed by atoms with E-state index in [1.807, 2.05) is 24.3 Å². The lowest BCUT2D eigenvalue weighted by Crippen LogP contribution is -2.00. The number of hydrogen-bond acceptors (Lipinski definition) is 3. The highest BCUT2D eigenvalue weighted by atomic mass is 15.0. The standard InChI is InChI=1S/C53H35N3/c1-4-13-36(14-5-1)38-23-25-39(26-24-38)50-35-48(34-46-19-10-11-22-49(46)50)53-55-51(40-17-8-3-9-18-40)54-52(56-53)47-30-29-44-32-43(27-28-45(44)33-47)42-21-12-20-41(31-42)37-15-6-2-7-16-37/h1-35H. The third-order valence-corrected chi connectivity index (χ3v) is 10.5. The number of benzene rings is 9. The van der Waals surface area contributed by atoms with Crippen LogP contribution in [0.15, 0.2) is 212 Å². The predicted octanol–water partition coefficient (Wildman–Crippen LogP) is 13.8. The van der Waals surface area contributed by atoms with Gasteiger partial charge in [-0.1, -0.05) is 182 Å². The minimum atomic E-state index is 0.635. The van der Waals surface area contributed by atoms with Gasteiger partial charge in [-0.25, -0.2) is 15.0 Å². The fourth-order valence-corrected chi connectivity index (χ4v) is 7.58. The van der Waals surface area contributed by atoms with Crippen molar-refractivity contribution in [3.05, 3.63) is 212 Å². The van der Waals surface area contributed by atoms with Gasteiger partial charge in [-0.3, -0.25) is 0 Å². The lowest BCUT2D eigenvalue weighted by Gasteiger charge is -2.13. The minimum absolute atomic E-state index is 0.635. The van der Waals surface area contributed by atoms with Crippen molar-refractivity contribution in [3.63, 3.8) is 0 Å². The zero-order valence-corrected chi connectivity index (χ0v) is 30.5. The van der Waals surface area contributed by atoms with Gasteiger partial charge in [0, 0.05) is 16.7 Å². The van der Waals surface area contributed by atoms with Crippen molar-refractivity contribution >= 4 is 21.5 Å². The molecule has 0 radical (unpaired) electrons. The number of rotatable bonds is 7. The average Bonchev–Trinajstić information content (AvgIpc) is 3.29. The summed E-state index contributed by atoms with van der Waals surface area (Å²) in [4.78, 5) is 15.4. The van der Waals surface area contributed by atoms with E-state index in [0.717, 1.165) is 44.0 Å². The van der Waals surface area contributed by atoms with Crippen LogP contribution in [0.3, 0.4) is 0 Å². The highest BCUT2D eigenvalue weighted by Gasteiger charge is 2.16. The van der Waals surface area contributed by atoms with Gasteiger partial charge in [0.15, 0.2) is 17.5 Å². The molecule has 0 aliphatic rings. The van der Waals surface area contributed by atoms with Crippen LogP contribution in [-0.2, 0) is 0 Å². The maximum Gasteiger partial charge on any atom is 0.164 e. The molecule has 0 N–H and O–H groups in total. The molecule has 9 aromatic carbocycles. The van der Waals surface area contributed by atoms with Gasteiger partial charge in [-0.2, -0.15) is 0 Å². The van der Waals surface area contributed by atoms with Crippen LogP contribution in [0.4, 0.5) is 0 Å². The smallest absolute Gasteiger partial charge is 0.164 e. The van der Waals surface area contributed by atoms with E-state index in [-0.39, 0.29) is 0 Å². The fourth-order valence-electron chi connectivity index (χ4n) is 7.58. The van der Waals surface area contributed by atoms with Gasteiger partial charge in [-0.05, 0) is 96.4 Å². The van der Waals surface area contributed by atoms with Crippen LogP contribution in [0.5, 0.6) is 0 Å². The summed E-state index contributed by atoms with van der Waals surface area (Å²) in [5.74, 6) is 1.91. The second kappa shape index (κ2) is 14.4. The Hall–Kier alpha value is -7.49. The summed E-state index contributed by atoms with van der Waals surface area (Å²) in [5, 5.41) is 4.60. The van der Waals surface area contributed by atoms with E-state index in [4.69, 9.17) is 15.0 Å². The van der Waals surface area contributed by atoms with Crippen LogP contribution in [-0.4, -0.2) is 15.0 Å². The third-order valence-electron chi connectivity index (χ3n) is 10.5. The summed E-state index contributed by atoms with van der Waals surface area (Å²) in [6.07, 6.45) is 0. The van der Waals surface area contributed by atoms with Gasteiger partial charge in [-0.15, -0.1) is 0 Å². The van der Waals surface area contributed by atoms with Gasteiger partial charge in [0.25, 0.3) is 0 Å². The monoisotopic (exact) mass is 713 g/mol. The molecule has 0 amide bonds. The largest absolute Gasteiger partial charge is 0.208 e. The summed E-state index contributed by atoms with van der Waals surface area (Å²) in [5.41, 5.74) is 12.3. The van der Waals surface area contributed by atoms with E-state index >= 15 is 0 Å². The molecule has 1 heterocycles. The molecule has 1 aromatic heterocycles. The van der Waals surface area contributed by atoms with Crippen molar-refractivity contribution in [1.82, 2.24) is 15.0 Å². The zero-order valence-electron chi connectivity index (χ0n) is 30.5. The van der Waals surface area contributed by atoms with Crippen LogP contribution in [0.2, 0.25) is 0 Å². The molecular weight excluding hydrogens is 679 g/mol. The summed E-state index contributed by atoms with van der Waals surface area (Å²) in [6.45, 7) is 0. The van der Waals surface area contributed by atoms with Crippen molar-refractivity contribution in [3.8, 4) is 78.7 Å². The third kappa shape index (κ3) is 6.52. The highest BCUT2D eigenvalue weighted by molar-refractivity contribution is 6.00. The van der Waals surface area contributed by atoms with Crippen LogP contribution < -0.4 is 0 Å². The molecule has 10 rings (SSSR count). The first-order chi connectivity index (χ1) is 27.7. The summed E-state index contributed by atoms with van der Waals surface area (Å²) in [7, 11) is 0. The topological polar surface area (TPSA) is 38.7 Å². The van der Waals surface area contributed by atoms with Crippen LogP contribution in [0, 0.1) is 0 Å². The molecule has 0 bridgehead atoms. The second-order valence-corrected chi connectivity index (χ2v) is 14.1. The first-order valence-corrected chi connectivity index (χ1v) is 18.9. The first kappa shape index (κ1) is 33.1. The molecule has 56 heavy (non-hydrogen) atoms. The summed E-state index contributed by atoms with van der Waals surface area (Å²) in [6, 6.07) is 74.9. The van der Waals surface area contributed by atoms with Gasteiger partial charge >= 0.3 is 0 Å². The van der Waals surface area contributed by atoms with Crippen LogP contribution >= 0.6 is 0 Å². The quantitative estimate of drug-likeness (QED) is 0.165. The van der Waals surface area contributed by atoms with E-state index in [9.17, 15) is 0 Å². The van der Waals surface area contributed by atoms with Crippen molar-refractivity contribution in [1.29, 1.82) is 0 Å². The van der Waals surface area contributed by atoms with Crippen LogP contribution in [0.25, 0.3) is 100 Å². The van der Waals surface area contributed by atoms with Crippen molar-refractivity contribution in [2.45, 2.75) is 0 Å². The lowest BCUT2D eigenvalue weighted by molar-refractivity contribution is 1.08. The molecule has 10 aromatic rings. The van der Waals surface area contributed by atoms with E-state index in [1.54, 1.807) is 0 Å². The Morgan fingerprint density at radius 3 is 1.30 bits per heavy atom. The molecule has 0 saturated heterocycles. The number of aromatic nitrogens is 3. The molecule has 0 spiro atoms. The van der Waals surface area contributed by atoms with E-state index in [2.05, 4.69) is 188 Å². The predicted molar refractivity (Wildman–Crippen MR) is 233 cm³/mol. The molecule has 0 aliphatic carbocycles. The zero-order chi connectivity index (χ0) is 37.3. The van der Waals surface area contributed by atoms with Gasteiger partial charge < -0.3 is 0 Å². The van der Waals surface area contributed by atoms with E-state index < -0.39 is 0 Å². The minimum Gasteiger partial charge on any atom is -0.208 e. The molecule has 0 aliphatic heterocycles. The molecule has 3 nitrogen and oxygen atoms in total. The Morgan fingerprint density at radius 2 is 0.625 bits per heavy atom. The Balaban J connectivity index is 1.06. The molecule has 3 heteroatoms. The van der Waals surface area contributed by atoms with E-state index in [1.165, 1.54) is 38.8 Å². The molecule has 262 valence electrons. The highest BCUT2D eigenvalue weighted by Crippen LogP contribution is 2.36. The van der Waals surface area contributed by atoms with Crippen molar-refractivity contribution in [2.24, 2.45) is 0 Å². The van der Waals surface area contributed by atoms with Gasteiger partial charge in [0.05, 0.1) is 0 Å². The molecule has 0 fully saturated rings. The van der Waals surface area contributed by atoms with Crippen molar-refractivity contribution in [2.75, 3.05) is 0 Å². The van der Waals surface area contributed by atoms with Gasteiger partial charge in [0.2, 0.25) is 0 Å². The first-order valence-electron chi connectivity index (χ1n) is 18.9. The number of nitrogens with zero attached hydrogens (tertiary/aromatic N) is 3. The SMILES string of the molecule is c1ccc(-c2ccc(-c3cc(-c4nc(-c5ccccc5)nc(-c5ccc6cc(-c7cccc(-c8ccccc8)c7)ccc6c5)n4)cc4ccccc34)cc2)cc1. The maximum atomic E-state index is 5.18. The number of fused-ring (bicyclic) bond motifs is 2. The second-order valence-electron chi connectivity index (χ2n) is 14.1. The Bertz CT molecular complexity index is 2990. The summed E-state index contributed by atoms with van der Waals surface area (Å²) < 4.78 is 0. The number of hydrogen-bond donors (Lipinski definition) is 0. The molecule has 0 unspecified atom stereocenters. The van der Waals surface area contributed by atoms with E-state index in [0.29, 0.717) is 17.5 Å². The molecule has 0 atom stereocenters. The molecular formula is C53H35N3. The summed E-state index contributed by atoms with van der Waals surface area (Å²) >= 11 is 0. The maximum absolute atomic E-state index is 5.18. The van der Waals surface area contributed by atoms with Crippen molar-refractivity contribution < 1.29 is 0 Å². The normalized spacial score (nSPS) is 11.2. The Morgan fingerprint density at radius 1 is 0.214 bits per heavy atom. The lowest BCUT2D eigenvalue weighted by atomic mass is 9.94.